The van der Waals surface area contributed by atoms with Gasteiger partial charge in [0.2, 0.25) is 0 Å². The fourth-order valence-electron chi connectivity index (χ4n) is 7.06. The van der Waals surface area contributed by atoms with Gasteiger partial charge in [0.1, 0.15) is 5.69 Å². The average molecular weight is 435 g/mol. The van der Waals surface area contributed by atoms with Crippen LogP contribution in [0.4, 0.5) is 0 Å². The van der Waals surface area contributed by atoms with Crippen molar-refractivity contribution in [1.29, 1.82) is 0 Å². The first kappa shape index (κ1) is 20.2. The van der Waals surface area contributed by atoms with E-state index in [0.717, 1.165) is 54.6 Å². The summed E-state index contributed by atoms with van der Waals surface area (Å²) >= 11 is 0. The van der Waals surface area contributed by atoms with Gasteiger partial charge in [0.15, 0.2) is 0 Å². The zero-order chi connectivity index (χ0) is 22.0. The summed E-state index contributed by atoms with van der Waals surface area (Å²) in [7, 11) is 1.94. The molecule has 6 rings (SSSR count). The van der Waals surface area contributed by atoms with Gasteiger partial charge in [-0.05, 0) is 70.4 Å². The van der Waals surface area contributed by atoms with Gasteiger partial charge in [-0.15, -0.1) is 0 Å². The van der Waals surface area contributed by atoms with E-state index in [1.165, 1.54) is 37.8 Å². The van der Waals surface area contributed by atoms with Gasteiger partial charge >= 0.3 is 0 Å². The van der Waals surface area contributed by atoms with Gasteiger partial charge in [-0.2, -0.15) is 10.2 Å². The molecule has 3 saturated heterocycles. The molecule has 1 amide bonds. The van der Waals surface area contributed by atoms with E-state index in [1.807, 2.05) is 31.6 Å². The van der Waals surface area contributed by atoms with Crippen LogP contribution in [0.15, 0.2) is 17.7 Å². The molecule has 0 aromatic carbocycles. The van der Waals surface area contributed by atoms with Crippen molar-refractivity contribution in [3.63, 3.8) is 0 Å². The third-order valence-corrected chi connectivity index (χ3v) is 8.49. The maximum absolute atomic E-state index is 13.7. The van der Waals surface area contributed by atoms with E-state index in [-0.39, 0.29) is 11.9 Å². The molecule has 0 radical (unpaired) electrons. The standard InChI is InChI=1S/C25H34N6O/c1-15-23(16(2)29(3)28-15)20-13-21(27-26-20)25(32)31-10-6-7-17-11-18-12-19(24(17)31)14-30-9-5-4-8-22(18)30/h11,13,18-19,22,24H,4-10,12,14H2,1-3H3,(H,26,27)/t18?,19?,22-,24-/m1/s1. The summed E-state index contributed by atoms with van der Waals surface area (Å²) in [6, 6.07) is 2.91. The summed E-state index contributed by atoms with van der Waals surface area (Å²) in [5.74, 6) is 1.34. The number of aryl methyl sites for hydroxylation is 2. The van der Waals surface area contributed by atoms with Crippen LogP contribution in [-0.4, -0.2) is 67.4 Å². The molecule has 2 unspecified atom stereocenters. The van der Waals surface area contributed by atoms with Crippen molar-refractivity contribution < 1.29 is 4.79 Å². The molecule has 1 N–H and O–H groups in total. The van der Waals surface area contributed by atoms with Gasteiger partial charge < -0.3 is 4.90 Å². The summed E-state index contributed by atoms with van der Waals surface area (Å²) < 4.78 is 1.87. The lowest BCUT2D eigenvalue weighted by molar-refractivity contribution is 0.00131. The number of likely N-dealkylation sites (tertiary alicyclic amines) is 1. The highest BCUT2D eigenvalue weighted by Crippen LogP contribution is 2.45. The van der Waals surface area contributed by atoms with Crippen molar-refractivity contribution in [2.75, 3.05) is 19.6 Å². The van der Waals surface area contributed by atoms with Crippen LogP contribution >= 0.6 is 0 Å². The Balaban J connectivity index is 1.29. The Kier molecular flexibility index (Phi) is 4.79. The molecule has 2 aromatic rings. The number of hydrogen-bond acceptors (Lipinski definition) is 4. The number of hydrogen-bond donors (Lipinski definition) is 1. The van der Waals surface area contributed by atoms with Crippen LogP contribution in [0, 0.1) is 25.7 Å². The first-order valence-corrected chi connectivity index (χ1v) is 12.3. The second-order valence-electron chi connectivity index (χ2n) is 10.3. The highest BCUT2D eigenvalue weighted by Gasteiger charge is 2.47. The first-order chi connectivity index (χ1) is 15.5. The monoisotopic (exact) mass is 434 g/mol. The van der Waals surface area contributed by atoms with Crippen molar-refractivity contribution in [2.24, 2.45) is 18.9 Å². The summed E-state index contributed by atoms with van der Waals surface area (Å²) in [6.45, 7) is 7.26. The number of nitrogens with one attached hydrogen (secondary N) is 1. The minimum atomic E-state index is 0.0952. The van der Waals surface area contributed by atoms with Gasteiger partial charge in [0, 0.05) is 37.4 Å². The summed E-state index contributed by atoms with van der Waals surface area (Å²) in [5.41, 5.74) is 5.95. The second-order valence-corrected chi connectivity index (χ2v) is 10.3. The molecule has 2 aromatic heterocycles. The number of aromatic amines is 1. The number of amides is 1. The van der Waals surface area contributed by atoms with Crippen LogP contribution in [0.3, 0.4) is 0 Å². The fourth-order valence-corrected chi connectivity index (χ4v) is 7.06. The van der Waals surface area contributed by atoms with Gasteiger partial charge in [-0.3, -0.25) is 19.5 Å². The average Bonchev–Trinajstić information content (AvgIpc) is 3.37. The van der Waals surface area contributed by atoms with Crippen LogP contribution in [0.1, 0.15) is 60.4 Å². The Labute approximate surface area is 189 Å². The minimum absolute atomic E-state index is 0.0952. The lowest BCUT2D eigenvalue weighted by Gasteiger charge is -2.54. The molecule has 5 heterocycles. The van der Waals surface area contributed by atoms with Crippen LogP contribution in [0.5, 0.6) is 0 Å². The molecular formula is C25H34N6O. The third kappa shape index (κ3) is 3.08. The van der Waals surface area contributed by atoms with Crippen molar-refractivity contribution in [2.45, 2.75) is 64.5 Å². The Morgan fingerprint density at radius 3 is 2.88 bits per heavy atom. The van der Waals surface area contributed by atoms with Crippen LogP contribution in [0.2, 0.25) is 0 Å². The second kappa shape index (κ2) is 7.58. The smallest absolute Gasteiger partial charge is 0.272 e. The number of carbonyl (C=O) groups is 1. The molecule has 7 nitrogen and oxygen atoms in total. The van der Waals surface area contributed by atoms with Gasteiger partial charge in [-0.25, -0.2) is 0 Å². The maximum Gasteiger partial charge on any atom is 0.272 e. The van der Waals surface area contributed by atoms with E-state index in [0.29, 0.717) is 17.5 Å². The Morgan fingerprint density at radius 1 is 1.19 bits per heavy atom. The van der Waals surface area contributed by atoms with E-state index < -0.39 is 0 Å². The third-order valence-electron chi connectivity index (χ3n) is 8.49. The summed E-state index contributed by atoms with van der Waals surface area (Å²) in [5, 5.41) is 12.1. The van der Waals surface area contributed by atoms with Crippen LogP contribution in [-0.2, 0) is 7.05 Å². The molecule has 0 saturated carbocycles. The van der Waals surface area contributed by atoms with Gasteiger partial charge in [0.25, 0.3) is 5.91 Å². The molecule has 3 aliphatic heterocycles. The number of rotatable bonds is 2. The highest BCUT2D eigenvalue weighted by atomic mass is 16.2. The topological polar surface area (TPSA) is 70.1 Å². The van der Waals surface area contributed by atoms with Crippen molar-refractivity contribution in [1.82, 2.24) is 29.8 Å². The van der Waals surface area contributed by atoms with Gasteiger partial charge in [-0.1, -0.05) is 18.1 Å². The number of aromatic nitrogens is 4. The highest BCUT2D eigenvalue weighted by molar-refractivity contribution is 5.94. The molecule has 3 fully saturated rings. The SMILES string of the molecule is Cc1nn(C)c(C)c1-c1cc(C(=O)N2CCCC3=CC4CC(CN5CCCC[C@H]45)[C@@H]32)[nH]n1. The molecule has 4 atom stereocenters. The maximum atomic E-state index is 13.7. The molecular weight excluding hydrogens is 400 g/mol. The molecule has 2 bridgehead atoms. The predicted octanol–water partition coefficient (Wildman–Crippen LogP) is 3.46. The van der Waals surface area contributed by atoms with Crippen LogP contribution in [0.25, 0.3) is 11.3 Å². The van der Waals surface area contributed by atoms with Crippen molar-refractivity contribution in [3.8, 4) is 11.3 Å². The fraction of sp³-hybridized carbons (Fsp3) is 0.640. The largest absolute Gasteiger partial charge is 0.330 e. The van der Waals surface area contributed by atoms with Gasteiger partial charge in [0.05, 0.1) is 17.4 Å². The number of carbonyl (C=O) groups excluding carboxylic acids is 1. The summed E-state index contributed by atoms with van der Waals surface area (Å²) in [6.07, 6.45) is 10.1. The quantitative estimate of drug-likeness (QED) is 0.735. The van der Waals surface area contributed by atoms with E-state index in [9.17, 15) is 4.79 Å². The number of H-pyrrole nitrogens is 1. The van der Waals surface area contributed by atoms with E-state index in [2.05, 4.69) is 31.2 Å². The van der Waals surface area contributed by atoms with Crippen molar-refractivity contribution in [3.05, 3.63) is 34.8 Å². The molecule has 170 valence electrons. The summed E-state index contributed by atoms with van der Waals surface area (Å²) in [4.78, 5) is 18.6. The molecule has 4 aliphatic rings. The number of nitrogens with zero attached hydrogens (tertiary/aromatic N) is 5. The lowest BCUT2D eigenvalue weighted by Crippen LogP contribution is -2.60. The van der Waals surface area contributed by atoms with Crippen LogP contribution < -0.4 is 0 Å². The zero-order valence-corrected chi connectivity index (χ0v) is 19.5. The molecule has 1 aliphatic carbocycles. The Hall–Kier alpha value is -2.41. The minimum Gasteiger partial charge on any atom is -0.330 e. The van der Waals surface area contributed by atoms with E-state index in [1.54, 1.807) is 0 Å². The Morgan fingerprint density at radius 2 is 2.06 bits per heavy atom. The van der Waals surface area contributed by atoms with E-state index in [4.69, 9.17) is 0 Å². The normalized spacial score (nSPS) is 30.0. The van der Waals surface area contributed by atoms with E-state index >= 15 is 0 Å². The Bertz CT molecular complexity index is 1080. The molecule has 7 heteroatoms. The number of piperidine rings is 3. The van der Waals surface area contributed by atoms with Crippen molar-refractivity contribution >= 4 is 5.91 Å². The number of fused-ring (bicyclic) bond motifs is 6. The predicted molar refractivity (Wildman–Crippen MR) is 123 cm³/mol. The zero-order valence-electron chi connectivity index (χ0n) is 19.5. The molecule has 0 spiro atoms. The molecule has 32 heavy (non-hydrogen) atoms. The first-order valence-electron chi connectivity index (χ1n) is 12.3. The lowest BCUT2D eigenvalue weighted by atomic mass is 9.68.